The summed E-state index contributed by atoms with van der Waals surface area (Å²) in [5.41, 5.74) is 1.24. The number of nitrogens with one attached hydrogen (secondary N) is 1. The van der Waals surface area contributed by atoms with Crippen molar-refractivity contribution in [3.05, 3.63) is 29.8 Å². The fourth-order valence-electron chi connectivity index (χ4n) is 1.88. The number of carboxylic acids is 1. The number of carboxylic acid groups (broad SMARTS) is 1. The van der Waals surface area contributed by atoms with Gasteiger partial charge in [-0.05, 0) is 23.1 Å². The van der Waals surface area contributed by atoms with Gasteiger partial charge in [0.2, 0.25) is 0 Å². The Hall–Kier alpha value is -2.24. The Morgan fingerprint density at radius 3 is 2.61 bits per heavy atom. The van der Waals surface area contributed by atoms with Gasteiger partial charge in [0.05, 0.1) is 13.0 Å². The van der Waals surface area contributed by atoms with Crippen molar-refractivity contribution >= 4 is 12.0 Å². The van der Waals surface area contributed by atoms with Crippen LogP contribution in [0.15, 0.2) is 24.3 Å². The molecule has 0 atom stereocenters. The van der Waals surface area contributed by atoms with Crippen LogP contribution in [0.2, 0.25) is 0 Å². The number of carbonyl (C=O) groups is 2. The first-order valence-corrected chi connectivity index (χ1v) is 7.64. The van der Waals surface area contributed by atoms with Crippen LogP contribution in [0, 0.1) is 0 Å². The molecule has 1 aromatic carbocycles. The molecular formula is C17H26N2O4. The zero-order valence-corrected chi connectivity index (χ0v) is 14.3. The molecule has 1 rings (SSSR count). The van der Waals surface area contributed by atoms with E-state index >= 15 is 0 Å². The predicted octanol–water partition coefficient (Wildman–Crippen LogP) is 2.48. The molecule has 6 nitrogen and oxygen atoms in total. The van der Waals surface area contributed by atoms with Gasteiger partial charge in [0.1, 0.15) is 12.4 Å². The van der Waals surface area contributed by atoms with Gasteiger partial charge in [-0.1, -0.05) is 32.9 Å². The molecule has 0 aromatic heterocycles. The number of rotatable bonds is 7. The minimum atomic E-state index is -0.924. The molecule has 23 heavy (non-hydrogen) atoms. The van der Waals surface area contributed by atoms with E-state index in [0.717, 1.165) is 5.75 Å². The van der Waals surface area contributed by atoms with E-state index in [1.807, 2.05) is 18.2 Å². The molecule has 0 aliphatic carbocycles. The maximum absolute atomic E-state index is 11.7. The fraction of sp³-hybridized carbons (Fsp3) is 0.529. The highest BCUT2D eigenvalue weighted by Gasteiger charge is 2.14. The van der Waals surface area contributed by atoms with Gasteiger partial charge in [0.15, 0.2) is 0 Å². The number of hydrogen-bond donors (Lipinski definition) is 2. The van der Waals surface area contributed by atoms with E-state index in [-0.39, 0.29) is 24.4 Å². The average Bonchev–Trinajstić information content (AvgIpc) is 2.48. The van der Waals surface area contributed by atoms with Crippen molar-refractivity contribution in [2.75, 3.05) is 26.7 Å². The molecule has 0 radical (unpaired) electrons. The summed E-state index contributed by atoms with van der Waals surface area (Å²) in [5.74, 6) is -0.155. The fourth-order valence-corrected chi connectivity index (χ4v) is 1.88. The highest BCUT2D eigenvalue weighted by Crippen LogP contribution is 2.25. The maximum Gasteiger partial charge on any atom is 0.317 e. The lowest BCUT2D eigenvalue weighted by Gasteiger charge is -2.20. The van der Waals surface area contributed by atoms with Crippen molar-refractivity contribution in [2.24, 2.45) is 0 Å². The van der Waals surface area contributed by atoms with E-state index in [0.29, 0.717) is 13.2 Å². The maximum atomic E-state index is 11.7. The Labute approximate surface area is 137 Å². The minimum absolute atomic E-state index is 0.0560. The SMILES string of the molecule is CN(CCC(=O)O)C(=O)NCCOc1cccc(C(C)(C)C)c1. The highest BCUT2D eigenvalue weighted by atomic mass is 16.5. The number of ether oxygens (including phenoxy) is 1. The molecule has 0 saturated heterocycles. The van der Waals surface area contributed by atoms with E-state index in [4.69, 9.17) is 9.84 Å². The number of aliphatic carboxylic acids is 1. The molecular weight excluding hydrogens is 296 g/mol. The largest absolute Gasteiger partial charge is 0.492 e. The number of nitrogens with zero attached hydrogens (tertiary/aromatic N) is 1. The Morgan fingerprint density at radius 2 is 2.00 bits per heavy atom. The Bertz CT molecular complexity index is 538. The van der Waals surface area contributed by atoms with Crippen molar-refractivity contribution in [2.45, 2.75) is 32.6 Å². The molecule has 0 bridgehead atoms. The molecule has 0 fully saturated rings. The highest BCUT2D eigenvalue weighted by molar-refractivity contribution is 5.74. The van der Waals surface area contributed by atoms with Gasteiger partial charge in [0.25, 0.3) is 0 Å². The summed E-state index contributed by atoms with van der Waals surface area (Å²) in [7, 11) is 1.56. The van der Waals surface area contributed by atoms with Gasteiger partial charge >= 0.3 is 12.0 Å². The minimum Gasteiger partial charge on any atom is -0.492 e. The van der Waals surface area contributed by atoms with E-state index in [9.17, 15) is 9.59 Å². The lowest BCUT2D eigenvalue weighted by molar-refractivity contribution is -0.137. The van der Waals surface area contributed by atoms with Gasteiger partial charge in [-0.2, -0.15) is 0 Å². The molecule has 1 aromatic rings. The van der Waals surface area contributed by atoms with Crippen LogP contribution in [0.5, 0.6) is 5.75 Å². The molecule has 0 spiro atoms. The molecule has 0 aliphatic rings. The second-order valence-electron chi connectivity index (χ2n) is 6.42. The van der Waals surface area contributed by atoms with Gasteiger partial charge in [-0.3, -0.25) is 4.79 Å². The van der Waals surface area contributed by atoms with Gasteiger partial charge < -0.3 is 20.1 Å². The Kier molecular flexibility index (Phi) is 6.88. The van der Waals surface area contributed by atoms with E-state index in [1.165, 1.54) is 10.5 Å². The van der Waals surface area contributed by atoms with Crippen molar-refractivity contribution in [1.82, 2.24) is 10.2 Å². The van der Waals surface area contributed by atoms with Crippen molar-refractivity contribution in [1.29, 1.82) is 0 Å². The van der Waals surface area contributed by atoms with Crippen molar-refractivity contribution in [3.63, 3.8) is 0 Å². The summed E-state index contributed by atoms with van der Waals surface area (Å²) in [4.78, 5) is 23.5. The molecule has 2 amide bonds. The zero-order valence-electron chi connectivity index (χ0n) is 14.3. The molecule has 0 aliphatic heterocycles. The standard InChI is InChI=1S/C17H26N2O4/c1-17(2,3)13-6-5-7-14(12-13)23-11-9-18-16(22)19(4)10-8-15(20)21/h5-7,12H,8-11H2,1-4H3,(H,18,22)(H,20,21). The summed E-state index contributed by atoms with van der Waals surface area (Å²) in [6.07, 6.45) is -0.0694. The third kappa shape index (κ3) is 7.04. The Morgan fingerprint density at radius 1 is 1.30 bits per heavy atom. The normalized spacial score (nSPS) is 11.0. The smallest absolute Gasteiger partial charge is 0.317 e. The van der Waals surface area contributed by atoms with Crippen molar-refractivity contribution in [3.8, 4) is 5.75 Å². The quantitative estimate of drug-likeness (QED) is 0.756. The molecule has 128 valence electrons. The van der Waals surface area contributed by atoms with Crippen LogP contribution in [-0.2, 0) is 10.2 Å². The monoisotopic (exact) mass is 322 g/mol. The van der Waals surface area contributed by atoms with Crippen LogP contribution in [0.3, 0.4) is 0 Å². The van der Waals surface area contributed by atoms with Crippen LogP contribution in [0.4, 0.5) is 4.79 Å². The van der Waals surface area contributed by atoms with Crippen molar-refractivity contribution < 1.29 is 19.4 Å². The third-order valence-electron chi connectivity index (χ3n) is 3.35. The molecule has 2 N–H and O–H groups in total. The van der Waals surface area contributed by atoms with Gasteiger partial charge in [0, 0.05) is 13.6 Å². The average molecular weight is 322 g/mol. The van der Waals surface area contributed by atoms with Gasteiger partial charge in [-0.25, -0.2) is 4.79 Å². The first-order chi connectivity index (χ1) is 10.7. The van der Waals surface area contributed by atoms with Gasteiger partial charge in [-0.15, -0.1) is 0 Å². The summed E-state index contributed by atoms with van der Waals surface area (Å²) < 4.78 is 5.64. The second kappa shape index (κ2) is 8.41. The van der Waals surface area contributed by atoms with E-state index in [2.05, 4.69) is 32.2 Å². The van der Waals surface area contributed by atoms with Crippen LogP contribution < -0.4 is 10.1 Å². The number of benzene rings is 1. The van der Waals surface area contributed by atoms with E-state index < -0.39 is 5.97 Å². The number of amides is 2. The summed E-state index contributed by atoms with van der Waals surface area (Å²) in [5, 5.41) is 11.3. The number of urea groups is 1. The van der Waals surface area contributed by atoms with Crippen LogP contribution >= 0.6 is 0 Å². The lowest BCUT2D eigenvalue weighted by atomic mass is 9.87. The molecule has 0 heterocycles. The predicted molar refractivity (Wildman–Crippen MR) is 88.9 cm³/mol. The van der Waals surface area contributed by atoms with Crippen LogP contribution in [-0.4, -0.2) is 48.8 Å². The third-order valence-corrected chi connectivity index (χ3v) is 3.35. The Balaban J connectivity index is 2.35. The first kappa shape index (κ1) is 18.8. The molecule has 0 saturated carbocycles. The van der Waals surface area contributed by atoms with Crippen LogP contribution in [0.25, 0.3) is 0 Å². The number of hydrogen-bond acceptors (Lipinski definition) is 3. The second-order valence-corrected chi connectivity index (χ2v) is 6.42. The van der Waals surface area contributed by atoms with E-state index in [1.54, 1.807) is 7.05 Å². The number of carbonyl (C=O) groups excluding carboxylic acids is 1. The summed E-state index contributed by atoms with van der Waals surface area (Å²) in [6.45, 7) is 7.30. The topological polar surface area (TPSA) is 78.9 Å². The van der Waals surface area contributed by atoms with Crippen LogP contribution in [0.1, 0.15) is 32.8 Å². The molecule has 6 heteroatoms. The first-order valence-electron chi connectivity index (χ1n) is 7.64. The molecule has 0 unspecified atom stereocenters. The summed E-state index contributed by atoms with van der Waals surface area (Å²) in [6, 6.07) is 7.59. The summed E-state index contributed by atoms with van der Waals surface area (Å²) >= 11 is 0. The zero-order chi connectivity index (χ0) is 17.5. The lowest BCUT2D eigenvalue weighted by Crippen LogP contribution is -2.40.